The lowest BCUT2D eigenvalue weighted by Gasteiger charge is -2.11. The molecule has 0 aliphatic rings. The zero-order valence-corrected chi connectivity index (χ0v) is 7.80. The zero-order valence-electron chi connectivity index (χ0n) is 7.80. The van der Waals surface area contributed by atoms with Gasteiger partial charge in [-0.2, -0.15) is 0 Å². The molecule has 0 heterocycles. The molecule has 0 radical (unpaired) electrons. The molecule has 1 aromatic rings. The summed E-state index contributed by atoms with van der Waals surface area (Å²) in [6, 6.07) is 1.95. The molecule has 0 aliphatic heterocycles. The number of nitrogens with two attached hydrogens (primary N) is 2. The van der Waals surface area contributed by atoms with Crippen molar-refractivity contribution >= 4 is 23.5 Å². The van der Waals surface area contributed by atoms with E-state index in [2.05, 4.69) is 13.2 Å². The number of hydrogen-bond donors (Lipinski definition) is 2. The van der Waals surface area contributed by atoms with Crippen molar-refractivity contribution in [2.24, 2.45) is 0 Å². The number of benzene rings is 1. The maximum atomic E-state index is 5.83. The lowest BCUT2D eigenvalue weighted by Crippen LogP contribution is -2.01. The molecule has 0 atom stereocenters. The SMILES string of the molecule is C=Cc1cc(C)c(N)c(N)c1C=C. The first-order valence-electron chi connectivity index (χ1n) is 4.05. The molecular weight excluding hydrogens is 160 g/mol. The Morgan fingerprint density at radius 3 is 2.23 bits per heavy atom. The first kappa shape index (κ1) is 9.39. The van der Waals surface area contributed by atoms with E-state index in [0.29, 0.717) is 11.4 Å². The Labute approximate surface area is 78.6 Å². The van der Waals surface area contributed by atoms with Gasteiger partial charge in [-0.15, -0.1) is 0 Å². The molecular formula is C11H14N2. The summed E-state index contributed by atoms with van der Waals surface area (Å²) in [5.41, 5.74) is 15.6. The van der Waals surface area contributed by atoms with Crippen LogP contribution in [0.25, 0.3) is 12.2 Å². The topological polar surface area (TPSA) is 52.0 Å². The number of nitrogen functional groups attached to an aromatic ring is 2. The van der Waals surface area contributed by atoms with Crippen LogP contribution in [0.4, 0.5) is 11.4 Å². The molecule has 0 aromatic heterocycles. The molecule has 0 saturated heterocycles. The molecule has 4 N–H and O–H groups in total. The fourth-order valence-electron chi connectivity index (χ4n) is 1.30. The summed E-state index contributed by atoms with van der Waals surface area (Å²) in [6.07, 6.45) is 3.45. The Hall–Kier alpha value is -1.70. The third-order valence-corrected chi connectivity index (χ3v) is 2.11. The summed E-state index contributed by atoms with van der Waals surface area (Å²) < 4.78 is 0. The van der Waals surface area contributed by atoms with Gasteiger partial charge in [0.2, 0.25) is 0 Å². The van der Waals surface area contributed by atoms with Crippen LogP contribution in [0.15, 0.2) is 19.2 Å². The standard InChI is InChI=1S/C11H14N2/c1-4-8-6-7(3)10(12)11(13)9(8)5-2/h4-6H,1-2,12-13H2,3H3. The molecule has 0 amide bonds. The first-order valence-corrected chi connectivity index (χ1v) is 4.05. The van der Waals surface area contributed by atoms with Crippen LogP contribution in [0, 0.1) is 6.92 Å². The van der Waals surface area contributed by atoms with Crippen LogP contribution in [0.5, 0.6) is 0 Å². The van der Waals surface area contributed by atoms with Gasteiger partial charge in [0.1, 0.15) is 0 Å². The summed E-state index contributed by atoms with van der Waals surface area (Å²) in [5, 5.41) is 0. The van der Waals surface area contributed by atoms with Gasteiger partial charge in [-0.25, -0.2) is 0 Å². The highest BCUT2D eigenvalue weighted by molar-refractivity contribution is 5.83. The maximum Gasteiger partial charge on any atom is 0.0629 e. The first-order chi connectivity index (χ1) is 6.11. The molecule has 0 unspecified atom stereocenters. The molecule has 1 aromatic carbocycles. The number of aryl methyl sites for hydroxylation is 1. The lowest BCUT2D eigenvalue weighted by molar-refractivity contribution is 1.45. The summed E-state index contributed by atoms with van der Waals surface area (Å²) in [5.74, 6) is 0. The monoisotopic (exact) mass is 174 g/mol. The Bertz CT molecular complexity index is 365. The molecule has 0 fully saturated rings. The van der Waals surface area contributed by atoms with Crippen molar-refractivity contribution < 1.29 is 0 Å². The minimum absolute atomic E-state index is 0.588. The van der Waals surface area contributed by atoms with Crippen LogP contribution in [0.2, 0.25) is 0 Å². The van der Waals surface area contributed by atoms with Gasteiger partial charge in [0.15, 0.2) is 0 Å². The van der Waals surface area contributed by atoms with E-state index in [1.807, 2.05) is 13.0 Å². The summed E-state index contributed by atoms with van der Waals surface area (Å²) in [7, 11) is 0. The third kappa shape index (κ3) is 1.43. The van der Waals surface area contributed by atoms with E-state index >= 15 is 0 Å². The van der Waals surface area contributed by atoms with Crippen LogP contribution < -0.4 is 11.5 Å². The average Bonchev–Trinajstić information content (AvgIpc) is 2.13. The summed E-state index contributed by atoms with van der Waals surface area (Å²) in [4.78, 5) is 0. The fourth-order valence-corrected chi connectivity index (χ4v) is 1.30. The van der Waals surface area contributed by atoms with E-state index in [1.54, 1.807) is 12.2 Å². The number of hydrogen-bond acceptors (Lipinski definition) is 2. The minimum atomic E-state index is 0.588. The molecule has 68 valence electrons. The highest BCUT2D eigenvalue weighted by atomic mass is 14.7. The molecule has 0 saturated carbocycles. The molecule has 13 heavy (non-hydrogen) atoms. The summed E-state index contributed by atoms with van der Waals surface area (Å²) >= 11 is 0. The number of anilines is 2. The Balaban J connectivity index is 3.56. The van der Waals surface area contributed by atoms with E-state index in [4.69, 9.17) is 11.5 Å². The molecule has 1 rings (SSSR count). The van der Waals surface area contributed by atoms with Crippen LogP contribution >= 0.6 is 0 Å². The zero-order chi connectivity index (χ0) is 10.0. The van der Waals surface area contributed by atoms with E-state index in [9.17, 15) is 0 Å². The average molecular weight is 174 g/mol. The third-order valence-electron chi connectivity index (χ3n) is 2.11. The van der Waals surface area contributed by atoms with E-state index in [1.165, 1.54) is 0 Å². The highest BCUT2D eigenvalue weighted by Crippen LogP contribution is 2.28. The van der Waals surface area contributed by atoms with Gasteiger partial charge >= 0.3 is 0 Å². The lowest BCUT2D eigenvalue weighted by atomic mass is 10.0. The Morgan fingerprint density at radius 1 is 1.15 bits per heavy atom. The second kappa shape index (κ2) is 3.35. The van der Waals surface area contributed by atoms with Crippen molar-refractivity contribution in [3.05, 3.63) is 35.9 Å². The van der Waals surface area contributed by atoms with Crippen molar-refractivity contribution in [3.63, 3.8) is 0 Å². The van der Waals surface area contributed by atoms with Crippen LogP contribution in [0.3, 0.4) is 0 Å². The van der Waals surface area contributed by atoms with Crippen molar-refractivity contribution in [2.75, 3.05) is 11.5 Å². The van der Waals surface area contributed by atoms with Crippen molar-refractivity contribution in [2.45, 2.75) is 6.92 Å². The molecule has 2 nitrogen and oxygen atoms in total. The second-order valence-corrected chi connectivity index (χ2v) is 2.93. The van der Waals surface area contributed by atoms with Gasteiger partial charge in [-0.05, 0) is 24.1 Å². The van der Waals surface area contributed by atoms with E-state index in [0.717, 1.165) is 16.7 Å². The summed E-state index contributed by atoms with van der Waals surface area (Å²) in [6.45, 7) is 9.32. The molecule has 0 aliphatic carbocycles. The number of rotatable bonds is 2. The van der Waals surface area contributed by atoms with E-state index < -0.39 is 0 Å². The molecule has 2 heteroatoms. The predicted octanol–water partition coefficient (Wildman–Crippen LogP) is 2.45. The van der Waals surface area contributed by atoms with E-state index in [-0.39, 0.29) is 0 Å². The molecule has 0 spiro atoms. The quantitative estimate of drug-likeness (QED) is 0.676. The maximum absolute atomic E-state index is 5.83. The second-order valence-electron chi connectivity index (χ2n) is 2.93. The Morgan fingerprint density at radius 2 is 1.77 bits per heavy atom. The van der Waals surface area contributed by atoms with Gasteiger partial charge in [-0.1, -0.05) is 25.3 Å². The smallest absolute Gasteiger partial charge is 0.0629 e. The van der Waals surface area contributed by atoms with Crippen LogP contribution in [0.1, 0.15) is 16.7 Å². The Kier molecular flexibility index (Phi) is 2.42. The van der Waals surface area contributed by atoms with Gasteiger partial charge < -0.3 is 11.5 Å². The largest absolute Gasteiger partial charge is 0.397 e. The van der Waals surface area contributed by atoms with Crippen molar-refractivity contribution in [1.82, 2.24) is 0 Å². The van der Waals surface area contributed by atoms with Gasteiger partial charge in [0, 0.05) is 5.56 Å². The fraction of sp³-hybridized carbons (Fsp3) is 0.0909. The minimum Gasteiger partial charge on any atom is -0.397 e. The van der Waals surface area contributed by atoms with Gasteiger partial charge in [-0.3, -0.25) is 0 Å². The normalized spacial score (nSPS) is 9.62. The van der Waals surface area contributed by atoms with Gasteiger partial charge in [0.25, 0.3) is 0 Å². The highest BCUT2D eigenvalue weighted by Gasteiger charge is 2.06. The van der Waals surface area contributed by atoms with Gasteiger partial charge in [0.05, 0.1) is 11.4 Å². The van der Waals surface area contributed by atoms with Crippen molar-refractivity contribution in [3.8, 4) is 0 Å². The van der Waals surface area contributed by atoms with Crippen LogP contribution in [-0.2, 0) is 0 Å². The predicted molar refractivity (Wildman–Crippen MR) is 60.2 cm³/mol. The molecule has 0 bridgehead atoms. The van der Waals surface area contributed by atoms with Crippen LogP contribution in [-0.4, -0.2) is 0 Å². The van der Waals surface area contributed by atoms with Crippen molar-refractivity contribution in [1.29, 1.82) is 0 Å².